The van der Waals surface area contributed by atoms with Crippen LogP contribution in [0.15, 0.2) is 48.8 Å². The van der Waals surface area contributed by atoms with E-state index < -0.39 is 5.92 Å². The third-order valence-electron chi connectivity index (χ3n) is 5.85. The van der Waals surface area contributed by atoms with E-state index in [0.717, 1.165) is 11.1 Å². The summed E-state index contributed by atoms with van der Waals surface area (Å²) in [6.07, 6.45) is 3.64. The van der Waals surface area contributed by atoms with Crippen molar-refractivity contribution in [2.45, 2.75) is 25.4 Å². The van der Waals surface area contributed by atoms with Crippen LogP contribution in [-0.2, 0) is 14.3 Å². The van der Waals surface area contributed by atoms with Crippen LogP contribution in [0.5, 0.6) is 0 Å². The first kappa shape index (κ1) is 19.1. The minimum absolute atomic E-state index is 0.0130. The second kappa shape index (κ2) is 7.66. The summed E-state index contributed by atoms with van der Waals surface area (Å²) in [7, 11) is 1.37. The number of hydrogen-bond donors (Lipinski definition) is 0. The number of esters is 1. The van der Waals surface area contributed by atoms with Crippen LogP contribution in [0, 0.1) is 12.8 Å². The second-order valence-corrected chi connectivity index (χ2v) is 7.55. The lowest BCUT2D eigenvalue weighted by Gasteiger charge is -2.40. The first-order chi connectivity index (χ1) is 14.0. The quantitative estimate of drug-likeness (QED) is 0.745. The molecule has 1 aromatic carbocycles. The fourth-order valence-electron chi connectivity index (χ4n) is 4.47. The van der Waals surface area contributed by atoms with Gasteiger partial charge in [-0.15, -0.1) is 0 Å². The van der Waals surface area contributed by atoms with Crippen LogP contribution >= 0.6 is 0 Å². The molecule has 2 aliphatic heterocycles. The van der Waals surface area contributed by atoms with Gasteiger partial charge in [-0.05, 0) is 30.5 Å². The van der Waals surface area contributed by atoms with Gasteiger partial charge >= 0.3 is 5.97 Å². The number of ether oxygens (including phenoxy) is 1. The zero-order valence-electron chi connectivity index (χ0n) is 16.4. The topological polar surface area (TPSA) is 79.8 Å². The van der Waals surface area contributed by atoms with Crippen LogP contribution in [0.25, 0.3) is 0 Å². The highest BCUT2D eigenvalue weighted by molar-refractivity contribution is 5.98. The lowest BCUT2D eigenvalue weighted by molar-refractivity contribution is -0.147. The highest BCUT2D eigenvalue weighted by Gasteiger charge is 2.51. The van der Waals surface area contributed by atoms with E-state index in [-0.39, 0.29) is 36.4 Å². The van der Waals surface area contributed by atoms with E-state index in [9.17, 15) is 14.4 Å². The van der Waals surface area contributed by atoms with Crippen LogP contribution in [0.4, 0.5) is 0 Å². The Morgan fingerprint density at radius 1 is 1.17 bits per heavy atom. The molecule has 0 aliphatic carbocycles. The Labute approximate surface area is 169 Å². The van der Waals surface area contributed by atoms with Crippen molar-refractivity contribution in [2.75, 3.05) is 20.2 Å². The van der Waals surface area contributed by atoms with Gasteiger partial charge in [-0.1, -0.05) is 30.3 Å². The van der Waals surface area contributed by atoms with E-state index in [1.54, 1.807) is 22.1 Å². The number of amides is 2. The van der Waals surface area contributed by atoms with Gasteiger partial charge in [0.1, 0.15) is 6.54 Å². The van der Waals surface area contributed by atoms with Crippen molar-refractivity contribution in [2.24, 2.45) is 5.92 Å². The van der Waals surface area contributed by atoms with Gasteiger partial charge in [0.2, 0.25) is 5.91 Å². The molecule has 2 aliphatic rings. The fourth-order valence-corrected chi connectivity index (χ4v) is 4.47. The average molecular weight is 393 g/mol. The molecule has 7 nitrogen and oxygen atoms in total. The van der Waals surface area contributed by atoms with Gasteiger partial charge in [-0.25, -0.2) is 0 Å². The van der Waals surface area contributed by atoms with E-state index in [1.807, 2.05) is 37.3 Å². The number of aryl methyl sites for hydroxylation is 1. The van der Waals surface area contributed by atoms with Gasteiger partial charge in [0.15, 0.2) is 0 Å². The molecule has 0 N–H and O–H groups in total. The summed E-state index contributed by atoms with van der Waals surface area (Å²) in [6, 6.07) is 10.7. The van der Waals surface area contributed by atoms with Crippen LogP contribution in [-0.4, -0.2) is 58.8 Å². The lowest BCUT2D eigenvalue weighted by Crippen LogP contribution is -2.56. The van der Waals surface area contributed by atoms with E-state index in [0.29, 0.717) is 18.5 Å². The number of hydrogen-bond acceptors (Lipinski definition) is 5. The standard InChI is InChI=1S/C22H23N3O4/c1-14-8-9-23-11-18(14)21(27)24-12-16-10-17(22(28)29-2)20(25(16)19(26)13-24)15-6-4-3-5-7-15/h3-9,11,16-17,20H,10,12-13H2,1-2H3/t16-,17-,20-/m0/s1. The van der Waals surface area contributed by atoms with Crippen LogP contribution in [0.1, 0.15) is 33.9 Å². The molecule has 0 radical (unpaired) electrons. The highest BCUT2D eigenvalue weighted by Crippen LogP contribution is 2.43. The summed E-state index contributed by atoms with van der Waals surface area (Å²) in [4.78, 5) is 46.0. The summed E-state index contributed by atoms with van der Waals surface area (Å²) in [5.74, 6) is -1.15. The van der Waals surface area contributed by atoms with Crippen LogP contribution in [0.3, 0.4) is 0 Å². The zero-order chi connectivity index (χ0) is 20.5. The molecule has 4 rings (SSSR count). The molecular formula is C22H23N3O4. The number of nitrogens with zero attached hydrogens (tertiary/aromatic N) is 3. The molecule has 3 heterocycles. The minimum atomic E-state index is -0.452. The van der Waals surface area contributed by atoms with E-state index >= 15 is 0 Å². The molecule has 0 bridgehead atoms. The molecule has 29 heavy (non-hydrogen) atoms. The van der Waals surface area contributed by atoms with E-state index in [4.69, 9.17) is 4.74 Å². The molecule has 0 spiro atoms. The Balaban J connectivity index is 1.64. The molecule has 2 fully saturated rings. The van der Waals surface area contributed by atoms with Gasteiger partial charge < -0.3 is 14.5 Å². The molecule has 7 heteroatoms. The van der Waals surface area contributed by atoms with Gasteiger partial charge in [0, 0.05) is 18.9 Å². The average Bonchev–Trinajstić information content (AvgIpc) is 3.14. The van der Waals surface area contributed by atoms with Crippen molar-refractivity contribution < 1.29 is 19.1 Å². The molecule has 0 saturated carbocycles. The molecule has 2 aromatic rings. The number of pyridine rings is 1. The van der Waals surface area contributed by atoms with Crippen molar-refractivity contribution in [1.29, 1.82) is 0 Å². The summed E-state index contributed by atoms with van der Waals surface area (Å²) in [5.41, 5.74) is 2.22. The Morgan fingerprint density at radius 2 is 1.93 bits per heavy atom. The molecule has 3 atom stereocenters. The first-order valence-electron chi connectivity index (χ1n) is 9.65. The third-order valence-corrected chi connectivity index (χ3v) is 5.85. The first-order valence-corrected chi connectivity index (χ1v) is 9.65. The number of benzene rings is 1. The largest absolute Gasteiger partial charge is 0.469 e. The monoisotopic (exact) mass is 393 g/mol. The Bertz CT molecular complexity index is 946. The number of rotatable bonds is 3. The minimum Gasteiger partial charge on any atom is -0.469 e. The van der Waals surface area contributed by atoms with Crippen molar-refractivity contribution in [1.82, 2.24) is 14.8 Å². The Hall–Kier alpha value is -3.22. The number of carbonyl (C=O) groups excluding carboxylic acids is 3. The number of aromatic nitrogens is 1. The van der Waals surface area contributed by atoms with Gasteiger partial charge in [0.05, 0.1) is 30.7 Å². The SMILES string of the molecule is COC(=O)[C@H]1C[C@H]2CN(C(=O)c3cnccc3C)CC(=O)N2[C@H]1c1ccccc1. The fraction of sp³-hybridized carbons (Fsp3) is 0.364. The molecule has 150 valence electrons. The van der Waals surface area contributed by atoms with Crippen molar-refractivity contribution in [3.05, 3.63) is 65.5 Å². The summed E-state index contributed by atoms with van der Waals surface area (Å²) in [6.45, 7) is 2.22. The Morgan fingerprint density at radius 3 is 2.62 bits per heavy atom. The van der Waals surface area contributed by atoms with Gasteiger partial charge in [-0.2, -0.15) is 0 Å². The zero-order valence-corrected chi connectivity index (χ0v) is 16.4. The molecule has 2 amide bonds. The summed E-state index contributed by atoms with van der Waals surface area (Å²) in [5, 5.41) is 0. The highest BCUT2D eigenvalue weighted by atomic mass is 16.5. The van der Waals surface area contributed by atoms with Crippen LogP contribution < -0.4 is 0 Å². The second-order valence-electron chi connectivity index (χ2n) is 7.55. The number of carbonyl (C=O) groups is 3. The van der Waals surface area contributed by atoms with Gasteiger partial charge in [-0.3, -0.25) is 19.4 Å². The maximum atomic E-state index is 13.1. The molecule has 0 unspecified atom stereocenters. The van der Waals surface area contributed by atoms with Crippen molar-refractivity contribution in [3.8, 4) is 0 Å². The maximum absolute atomic E-state index is 13.1. The normalized spacial score (nSPS) is 23.7. The van der Waals surface area contributed by atoms with E-state index in [2.05, 4.69) is 4.98 Å². The van der Waals surface area contributed by atoms with Crippen LogP contribution in [0.2, 0.25) is 0 Å². The van der Waals surface area contributed by atoms with Crippen molar-refractivity contribution in [3.63, 3.8) is 0 Å². The lowest BCUT2D eigenvalue weighted by atomic mass is 9.93. The van der Waals surface area contributed by atoms with Crippen molar-refractivity contribution >= 4 is 17.8 Å². The number of methoxy groups -OCH3 is 1. The maximum Gasteiger partial charge on any atom is 0.311 e. The smallest absolute Gasteiger partial charge is 0.311 e. The predicted octanol–water partition coefficient (Wildman–Crippen LogP) is 1.98. The third kappa shape index (κ3) is 3.37. The van der Waals surface area contributed by atoms with E-state index in [1.165, 1.54) is 13.3 Å². The Kier molecular flexibility index (Phi) is 5.05. The number of fused-ring (bicyclic) bond motifs is 1. The summed E-state index contributed by atoms with van der Waals surface area (Å²) < 4.78 is 5.02. The molecule has 1 aromatic heterocycles. The number of piperazine rings is 1. The predicted molar refractivity (Wildman–Crippen MR) is 105 cm³/mol. The van der Waals surface area contributed by atoms with Gasteiger partial charge in [0.25, 0.3) is 5.91 Å². The summed E-state index contributed by atoms with van der Waals surface area (Å²) >= 11 is 0. The molecular weight excluding hydrogens is 370 g/mol. The molecule has 2 saturated heterocycles.